The van der Waals surface area contributed by atoms with Crippen LogP contribution < -0.4 is 5.32 Å². The van der Waals surface area contributed by atoms with Crippen LogP contribution >= 0.6 is 11.8 Å². The molecule has 0 unspecified atom stereocenters. The van der Waals surface area contributed by atoms with Crippen LogP contribution in [-0.4, -0.2) is 17.0 Å². The fourth-order valence-electron chi connectivity index (χ4n) is 1.71. The molecule has 7 heteroatoms. The second-order valence-electron chi connectivity index (χ2n) is 4.44. The molecule has 112 valence electrons. The van der Waals surface area contributed by atoms with Crippen molar-refractivity contribution >= 4 is 17.6 Å². The largest absolute Gasteiger partial charge is 0.451 e. The molecule has 0 spiro atoms. The Hall–Kier alpha value is -1.76. The van der Waals surface area contributed by atoms with Crippen LogP contribution in [0.1, 0.15) is 17.0 Å². The molecule has 0 fully saturated rings. The first-order valence-corrected chi connectivity index (χ1v) is 7.19. The molecule has 0 atom stereocenters. The van der Waals surface area contributed by atoms with Crippen molar-refractivity contribution in [2.75, 3.05) is 12.4 Å². The van der Waals surface area contributed by atoms with E-state index in [4.69, 9.17) is 0 Å². The van der Waals surface area contributed by atoms with E-state index in [2.05, 4.69) is 15.3 Å². The highest BCUT2D eigenvalue weighted by atomic mass is 32.2. The Labute approximate surface area is 125 Å². The molecule has 0 aliphatic heterocycles. The van der Waals surface area contributed by atoms with Crippen LogP contribution in [0.2, 0.25) is 0 Å². The van der Waals surface area contributed by atoms with E-state index in [1.54, 1.807) is 0 Å². The van der Waals surface area contributed by atoms with Crippen LogP contribution in [0.3, 0.4) is 0 Å². The molecule has 1 aromatic carbocycles. The number of thioether (sulfide) groups is 1. The number of benzene rings is 1. The molecule has 1 aromatic heterocycles. The Morgan fingerprint density at radius 1 is 1.19 bits per heavy atom. The highest BCUT2D eigenvalue weighted by Crippen LogP contribution is 2.30. The third-order valence-electron chi connectivity index (χ3n) is 2.68. The zero-order valence-corrected chi connectivity index (χ0v) is 12.3. The molecule has 0 amide bonds. The number of nitrogens with zero attached hydrogens (tertiary/aromatic N) is 2. The van der Waals surface area contributed by atoms with Crippen LogP contribution in [0, 0.1) is 6.92 Å². The second-order valence-corrected chi connectivity index (χ2v) is 5.44. The van der Waals surface area contributed by atoms with Gasteiger partial charge in [-0.2, -0.15) is 13.2 Å². The zero-order valence-electron chi connectivity index (χ0n) is 11.5. The Morgan fingerprint density at radius 2 is 1.95 bits per heavy atom. The summed E-state index contributed by atoms with van der Waals surface area (Å²) >= 11 is 1.25. The van der Waals surface area contributed by atoms with Gasteiger partial charge in [0.1, 0.15) is 10.8 Å². The van der Waals surface area contributed by atoms with E-state index in [0.717, 1.165) is 11.1 Å². The quantitative estimate of drug-likeness (QED) is 0.680. The lowest BCUT2D eigenvalue weighted by Crippen LogP contribution is -2.12. The molecule has 1 heterocycles. The van der Waals surface area contributed by atoms with Crippen LogP contribution in [0.15, 0.2) is 35.4 Å². The number of alkyl halides is 3. The van der Waals surface area contributed by atoms with E-state index in [1.165, 1.54) is 24.9 Å². The Balaban J connectivity index is 2.19. The summed E-state index contributed by atoms with van der Waals surface area (Å²) < 4.78 is 38.2. The molecule has 2 aromatic rings. The molecule has 3 nitrogen and oxygen atoms in total. The fraction of sp³-hybridized carbons (Fsp3) is 0.286. The first kappa shape index (κ1) is 15.6. The normalized spacial score (nSPS) is 11.5. The average molecular weight is 313 g/mol. The summed E-state index contributed by atoms with van der Waals surface area (Å²) in [6.07, 6.45) is -4.55. The van der Waals surface area contributed by atoms with E-state index in [1.807, 2.05) is 31.2 Å². The first-order valence-electron chi connectivity index (χ1n) is 6.21. The van der Waals surface area contributed by atoms with Crippen molar-refractivity contribution in [3.63, 3.8) is 0 Å². The van der Waals surface area contributed by atoms with Crippen molar-refractivity contribution in [1.29, 1.82) is 0 Å². The van der Waals surface area contributed by atoms with Crippen molar-refractivity contribution in [2.45, 2.75) is 23.9 Å². The van der Waals surface area contributed by atoms with Gasteiger partial charge in [-0.15, -0.1) is 11.8 Å². The van der Waals surface area contributed by atoms with E-state index in [9.17, 15) is 13.2 Å². The average Bonchev–Trinajstić information content (AvgIpc) is 2.44. The summed E-state index contributed by atoms with van der Waals surface area (Å²) in [5.74, 6) is -0.413. The van der Waals surface area contributed by atoms with E-state index in [0.29, 0.717) is 10.8 Å². The van der Waals surface area contributed by atoms with Gasteiger partial charge in [0.2, 0.25) is 5.82 Å². The monoisotopic (exact) mass is 313 g/mol. The summed E-state index contributed by atoms with van der Waals surface area (Å²) in [5, 5.41) is 2.92. The Bertz CT molecular complexity index is 629. The van der Waals surface area contributed by atoms with Gasteiger partial charge in [0.05, 0.1) is 0 Å². The molecule has 2 rings (SSSR count). The van der Waals surface area contributed by atoms with Gasteiger partial charge in [0.25, 0.3) is 0 Å². The second kappa shape index (κ2) is 6.34. The first-order chi connectivity index (χ1) is 9.88. The standard InChI is InChI=1S/C14H14F3N3S/c1-9-4-3-5-10(6-9)8-21-12-7-11(18-2)19-13(20-12)14(15,16)17/h3-7H,8H2,1-2H3,(H,18,19,20). The predicted molar refractivity (Wildman–Crippen MR) is 77.3 cm³/mol. The summed E-state index contributed by atoms with van der Waals surface area (Å²) in [7, 11) is 1.53. The van der Waals surface area contributed by atoms with Gasteiger partial charge in [-0.25, -0.2) is 9.97 Å². The van der Waals surface area contributed by atoms with Gasteiger partial charge < -0.3 is 5.32 Å². The van der Waals surface area contributed by atoms with Crippen LogP contribution in [-0.2, 0) is 11.9 Å². The Morgan fingerprint density at radius 3 is 2.57 bits per heavy atom. The summed E-state index contributed by atoms with van der Waals surface area (Å²) in [6, 6.07) is 9.34. The molecular weight excluding hydrogens is 299 g/mol. The van der Waals surface area contributed by atoms with Crippen molar-refractivity contribution in [2.24, 2.45) is 0 Å². The summed E-state index contributed by atoms with van der Waals surface area (Å²) in [5.41, 5.74) is 2.15. The lowest BCUT2D eigenvalue weighted by atomic mass is 10.2. The number of rotatable bonds is 4. The SMILES string of the molecule is CNc1cc(SCc2cccc(C)c2)nc(C(F)(F)F)n1. The molecule has 0 saturated carbocycles. The topological polar surface area (TPSA) is 37.8 Å². The number of hydrogen-bond donors (Lipinski definition) is 1. The van der Waals surface area contributed by atoms with E-state index < -0.39 is 12.0 Å². The maximum Gasteiger partial charge on any atom is 0.451 e. The van der Waals surface area contributed by atoms with Gasteiger partial charge in [-0.05, 0) is 12.5 Å². The van der Waals surface area contributed by atoms with E-state index in [-0.39, 0.29) is 5.82 Å². The summed E-state index contributed by atoms with van der Waals surface area (Å²) in [4.78, 5) is 7.01. The molecule has 21 heavy (non-hydrogen) atoms. The van der Waals surface area contributed by atoms with Crippen molar-refractivity contribution in [3.05, 3.63) is 47.3 Å². The number of nitrogens with one attached hydrogen (secondary N) is 1. The van der Waals surface area contributed by atoms with Crippen LogP contribution in [0.5, 0.6) is 0 Å². The lowest BCUT2D eigenvalue weighted by molar-refractivity contribution is -0.145. The highest BCUT2D eigenvalue weighted by Gasteiger charge is 2.35. The third-order valence-corrected chi connectivity index (χ3v) is 3.66. The number of aromatic nitrogens is 2. The minimum absolute atomic E-state index is 0.157. The highest BCUT2D eigenvalue weighted by molar-refractivity contribution is 7.98. The minimum atomic E-state index is -4.55. The molecule has 0 aliphatic carbocycles. The molecule has 1 N–H and O–H groups in total. The van der Waals surface area contributed by atoms with Crippen LogP contribution in [0.4, 0.5) is 19.0 Å². The smallest absolute Gasteiger partial charge is 0.373 e. The number of anilines is 1. The lowest BCUT2D eigenvalue weighted by Gasteiger charge is -2.09. The van der Waals surface area contributed by atoms with Crippen molar-refractivity contribution in [1.82, 2.24) is 9.97 Å². The molecule has 0 radical (unpaired) electrons. The van der Waals surface area contributed by atoms with Gasteiger partial charge in [-0.3, -0.25) is 0 Å². The van der Waals surface area contributed by atoms with Gasteiger partial charge in [0, 0.05) is 18.9 Å². The van der Waals surface area contributed by atoms with Gasteiger partial charge >= 0.3 is 6.18 Å². The third kappa shape index (κ3) is 4.35. The molecular formula is C14H14F3N3S. The molecule has 0 saturated heterocycles. The number of aryl methyl sites for hydroxylation is 1. The number of halogens is 3. The maximum atomic E-state index is 12.7. The van der Waals surface area contributed by atoms with Gasteiger partial charge in [0.15, 0.2) is 0 Å². The van der Waals surface area contributed by atoms with E-state index >= 15 is 0 Å². The Kier molecular flexibility index (Phi) is 4.72. The fourth-order valence-corrected chi connectivity index (χ4v) is 2.55. The maximum absolute atomic E-state index is 12.7. The molecule has 0 aliphatic rings. The minimum Gasteiger partial charge on any atom is -0.373 e. The van der Waals surface area contributed by atoms with Crippen molar-refractivity contribution < 1.29 is 13.2 Å². The van der Waals surface area contributed by atoms with Crippen molar-refractivity contribution in [3.8, 4) is 0 Å². The zero-order chi connectivity index (χ0) is 15.5. The van der Waals surface area contributed by atoms with Gasteiger partial charge in [-0.1, -0.05) is 29.8 Å². The molecule has 0 bridgehead atoms. The predicted octanol–water partition coefficient (Wildman–Crippen LogP) is 4.14. The summed E-state index contributed by atoms with van der Waals surface area (Å²) in [6.45, 7) is 1.97. The number of hydrogen-bond acceptors (Lipinski definition) is 4. The van der Waals surface area contributed by atoms with Crippen LogP contribution in [0.25, 0.3) is 0 Å².